The molecular weight excluding hydrogens is 246 g/mol. The van der Waals surface area contributed by atoms with Crippen LogP contribution in [0, 0.1) is 0 Å². The maximum atomic E-state index is 12.3. The van der Waals surface area contributed by atoms with Crippen molar-refractivity contribution in [2.75, 3.05) is 18.0 Å². The molecule has 0 aromatic heterocycles. The molecule has 1 atom stereocenters. The molecular formula is C14H19NO2S. The summed E-state index contributed by atoms with van der Waals surface area (Å²) in [4.78, 5) is 14.5. The molecule has 0 amide bonds. The van der Waals surface area contributed by atoms with E-state index < -0.39 is 11.2 Å². The van der Waals surface area contributed by atoms with Crippen molar-refractivity contribution in [3.05, 3.63) is 24.3 Å². The highest BCUT2D eigenvalue weighted by molar-refractivity contribution is 7.92. The summed E-state index contributed by atoms with van der Waals surface area (Å²) in [5, 5.41) is 0.0895. The van der Waals surface area contributed by atoms with Gasteiger partial charge in [0.25, 0.3) is 0 Å². The van der Waals surface area contributed by atoms with Crippen molar-refractivity contribution in [1.82, 2.24) is 0 Å². The third kappa shape index (κ3) is 2.87. The first-order valence-corrected chi connectivity index (χ1v) is 7.57. The summed E-state index contributed by atoms with van der Waals surface area (Å²) in [5.41, 5.74) is 0.956. The molecule has 18 heavy (non-hydrogen) atoms. The van der Waals surface area contributed by atoms with Gasteiger partial charge < -0.3 is 9.45 Å². The van der Waals surface area contributed by atoms with Gasteiger partial charge in [-0.25, -0.2) is 0 Å². The number of hydrogen-bond acceptors (Lipinski definition) is 3. The quantitative estimate of drug-likeness (QED) is 0.788. The lowest BCUT2D eigenvalue weighted by molar-refractivity contribution is -0.118. The second-order valence-corrected chi connectivity index (χ2v) is 6.86. The lowest BCUT2D eigenvalue weighted by atomic mass is 10.1. The van der Waals surface area contributed by atoms with Crippen molar-refractivity contribution >= 4 is 22.6 Å². The van der Waals surface area contributed by atoms with E-state index in [1.54, 1.807) is 0 Å². The molecule has 1 unspecified atom stereocenters. The molecule has 0 radical (unpaired) electrons. The Balaban J connectivity index is 2.29. The van der Waals surface area contributed by atoms with Crippen LogP contribution < -0.4 is 4.90 Å². The van der Waals surface area contributed by atoms with Gasteiger partial charge in [-0.3, -0.25) is 4.79 Å². The Morgan fingerprint density at radius 3 is 2.72 bits per heavy atom. The number of hydrogen-bond donors (Lipinski definition) is 0. The second-order valence-electron chi connectivity index (χ2n) is 4.88. The van der Waals surface area contributed by atoms with Crippen LogP contribution >= 0.6 is 0 Å². The summed E-state index contributed by atoms with van der Waals surface area (Å²) in [5.74, 6) is 0.270. The molecule has 0 bridgehead atoms. The van der Waals surface area contributed by atoms with Crippen molar-refractivity contribution in [3.63, 3.8) is 0 Å². The van der Waals surface area contributed by atoms with Crippen LogP contribution in [0.3, 0.4) is 0 Å². The fourth-order valence-corrected chi connectivity index (χ4v) is 3.31. The highest BCUT2D eigenvalue weighted by Gasteiger charge is 2.25. The number of carbonyl (C=O) groups excluding carboxylic acids is 1. The van der Waals surface area contributed by atoms with E-state index in [1.165, 1.54) is 0 Å². The van der Waals surface area contributed by atoms with Gasteiger partial charge in [-0.05, 0) is 43.6 Å². The molecule has 0 spiro atoms. The van der Waals surface area contributed by atoms with Crippen LogP contribution in [-0.4, -0.2) is 28.7 Å². The largest absolute Gasteiger partial charge is 0.611 e. The molecule has 1 heterocycles. The minimum absolute atomic E-state index is 0.0895. The van der Waals surface area contributed by atoms with Crippen LogP contribution in [0.5, 0.6) is 0 Å². The molecule has 3 nitrogen and oxygen atoms in total. The lowest BCUT2D eigenvalue weighted by Gasteiger charge is -2.30. The van der Waals surface area contributed by atoms with E-state index in [4.69, 9.17) is 0 Å². The first-order valence-electron chi connectivity index (χ1n) is 6.36. The average Bonchev–Trinajstić information content (AvgIpc) is 2.38. The van der Waals surface area contributed by atoms with E-state index in [0.29, 0.717) is 13.0 Å². The number of piperidine rings is 1. The summed E-state index contributed by atoms with van der Waals surface area (Å²) in [6.45, 7) is 5.23. The van der Waals surface area contributed by atoms with Crippen LogP contribution in [0.4, 0.5) is 5.69 Å². The Hall–Kier alpha value is -1.00. The van der Waals surface area contributed by atoms with E-state index in [1.807, 2.05) is 38.1 Å². The van der Waals surface area contributed by atoms with E-state index in [-0.39, 0.29) is 11.0 Å². The Bertz CT molecular complexity index is 434. The van der Waals surface area contributed by atoms with E-state index >= 15 is 0 Å². The Morgan fingerprint density at radius 1 is 1.33 bits per heavy atom. The Labute approximate surface area is 111 Å². The van der Waals surface area contributed by atoms with Crippen LogP contribution in [0.15, 0.2) is 29.2 Å². The molecule has 0 N–H and O–H groups in total. The summed E-state index contributed by atoms with van der Waals surface area (Å²) < 4.78 is 12.3. The normalized spacial score (nSPS) is 18.2. The van der Waals surface area contributed by atoms with Crippen molar-refractivity contribution in [1.29, 1.82) is 0 Å². The molecule has 98 valence electrons. The smallest absolute Gasteiger partial charge is 0.176 e. The SMILES string of the molecule is CC(C)[S+]([O-])c1ccccc1N1CCCC(=O)C1. The zero-order chi connectivity index (χ0) is 13.1. The molecule has 1 aliphatic heterocycles. The third-order valence-corrected chi connectivity index (χ3v) is 4.74. The number of carbonyl (C=O) groups is 1. The van der Waals surface area contributed by atoms with Crippen LogP contribution in [0.25, 0.3) is 0 Å². The molecule has 1 fully saturated rings. The Morgan fingerprint density at radius 2 is 2.06 bits per heavy atom. The fourth-order valence-electron chi connectivity index (χ4n) is 2.19. The first kappa shape index (κ1) is 13.4. The van der Waals surface area contributed by atoms with Crippen LogP contribution in [0.2, 0.25) is 0 Å². The summed E-state index contributed by atoms with van der Waals surface area (Å²) in [6, 6.07) is 7.72. The van der Waals surface area contributed by atoms with E-state index in [9.17, 15) is 9.35 Å². The van der Waals surface area contributed by atoms with Gasteiger partial charge >= 0.3 is 0 Å². The summed E-state index contributed by atoms with van der Waals surface area (Å²) in [7, 11) is 0. The molecule has 0 aliphatic carbocycles. The van der Waals surface area contributed by atoms with Gasteiger partial charge in [-0.2, -0.15) is 0 Å². The van der Waals surface area contributed by atoms with Gasteiger partial charge in [0.1, 0.15) is 5.25 Å². The summed E-state index contributed by atoms with van der Waals surface area (Å²) >= 11 is -1.01. The van der Waals surface area contributed by atoms with Gasteiger partial charge in [0.2, 0.25) is 0 Å². The fraction of sp³-hybridized carbons (Fsp3) is 0.500. The van der Waals surface area contributed by atoms with E-state index in [0.717, 1.165) is 23.5 Å². The predicted molar refractivity (Wildman–Crippen MR) is 74.4 cm³/mol. The number of ketones is 1. The standard InChI is InChI=1S/C14H19NO2S/c1-11(2)18(17)14-8-4-3-7-13(14)15-9-5-6-12(16)10-15/h3-4,7-8,11H,5-6,9-10H2,1-2H3. The van der Waals surface area contributed by atoms with Gasteiger partial charge in [0.15, 0.2) is 10.7 Å². The molecule has 1 aromatic rings. The molecule has 2 rings (SSSR count). The van der Waals surface area contributed by atoms with Gasteiger partial charge in [0.05, 0.1) is 12.2 Å². The molecule has 4 heteroatoms. The zero-order valence-corrected chi connectivity index (χ0v) is 11.7. The van der Waals surface area contributed by atoms with Gasteiger partial charge in [0, 0.05) is 13.0 Å². The zero-order valence-electron chi connectivity index (χ0n) is 10.9. The van der Waals surface area contributed by atoms with E-state index in [2.05, 4.69) is 4.90 Å². The monoisotopic (exact) mass is 265 g/mol. The summed E-state index contributed by atoms with van der Waals surface area (Å²) in [6.07, 6.45) is 1.56. The van der Waals surface area contributed by atoms with Crippen molar-refractivity contribution in [3.8, 4) is 0 Å². The number of para-hydroxylation sites is 1. The first-order chi connectivity index (χ1) is 8.59. The van der Waals surface area contributed by atoms with Crippen LogP contribution in [-0.2, 0) is 16.0 Å². The van der Waals surface area contributed by atoms with Gasteiger partial charge in [-0.15, -0.1) is 0 Å². The maximum Gasteiger partial charge on any atom is 0.176 e. The molecule has 1 aromatic carbocycles. The van der Waals surface area contributed by atoms with Crippen molar-refractivity contribution in [2.45, 2.75) is 36.8 Å². The number of nitrogens with zero attached hydrogens (tertiary/aromatic N) is 1. The average molecular weight is 265 g/mol. The number of rotatable bonds is 3. The van der Waals surface area contributed by atoms with Crippen LogP contribution in [0.1, 0.15) is 26.7 Å². The predicted octanol–water partition coefficient (Wildman–Crippen LogP) is 2.37. The number of Topliss-reactive ketones (excluding diaryl/α,β-unsaturated/α-hetero) is 1. The topological polar surface area (TPSA) is 43.4 Å². The van der Waals surface area contributed by atoms with Crippen molar-refractivity contribution < 1.29 is 9.35 Å². The Kier molecular flexibility index (Phi) is 4.30. The molecule has 0 saturated carbocycles. The third-order valence-electron chi connectivity index (χ3n) is 3.10. The minimum atomic E-state index is -1.01. The number of anilines is 1. The molecule has 1 aliphatic rings. The van der Waals surface area contributed by atoms with Gasteiger partial charge in [-0.1, -0.05) is 12.1 Å². The highest BCUT2D eigenvalue weighted by Crippen LogP contribution is 2.29. The second kappa shape index (κ2) is 5.76. The maximum absolute atomic E-state index is 12.3. The number of benzene rings is 1. The minimum Gasteiger partial charge on any atom is -0.611 e. The lowest BCUT2D eigenvalue weighted by Crippen LogP contribution is -2.36. The van der Waals surface area contributed by atoms with Crippen molar-refractivity contribution in [2.24, 2.45) is 0 Å². The highest BCUT2D eigenvalue weighted by atomic mass is 32.2. The molecule has 1 saturated heterocycles.